The molecule has 1 aliphatic heterocycles. The van der Waals surface area contributed by atoms with Gasteiger partial charge in [0, 0.05) is 38.8 Å². The number of ether oxygens (including phenoxy) is 2. The Kier molecular flexibility index (Phi) is 8.30. The molecule has 196 valence electrons. The van der Waals surface area contributed by atoms with E-state index in [-0.39, 0.29) is 16.3 Å². The zero-order valence-electron chi connectivity index (χ0n) is 20.8. The SMILES string of the molecule is COc1ccc(S(=O)(=O)N(CC(=O)N2CCN(Cc3ccccc3)CC2)c2ccccc2F)cc1OC. The molecule has 0 bridgehead atoms. The maximum absolute atomic E-state index is 14.8. The lowest BCUT2D eigenvalue weighted by Gasteiger charge is -2.36. The third kappa shape index (κ3) is 6.03. The minimum absolute atomic E-state index is 0.145. The molecule has 0 aromatic heterocycles. The Bertz CT molecular complexity index is 1330. The first-order chi connectivity index (χ1) is 17.8. The first kappa shape index (κ1) is 26.4. The molecule has 1 amide bonds. The van der Waals surface area contributed by atoms with Crippen LogP contribution in [0.2, 0.25) is 0 Å². The van der Waals surface area contributed by atoms with Gasteiger partial charge in [0.2, 0.25) is 5.91 Å². The van der Waals surface area contributed by atoms with Crippen LogP contribution in [-0.2, 0) is 21.4 Å². The maximum Gasteiger partial charge on any atom is 0.265 e. The van der Waals surface area contributed by atoms with E-state index in [4.69, 9.17) is 9.47 Å². The molecule has 0 saturated carbocycles. The third-order valence-electron chi connectivity index (χ3n) is 6.32. The van der Waals surface area contributed by atoms with Gasteiger partial charge in [-0.25, -0.2) is 12.8 Å². The highest BCUT2D eigenvalue weighted by Gasteiger charge is 2.32. The predicted molar refractivity (Wildman–Crippen MR) is 139 cm³/mol. The maximum atomic E-state index is 14.8. The second-order valence-corrected chi connectivity index (χ2v) is 10.5. The fourth-order valence-corrected chi connectivity index (χ4v) is 5.72. The summed E-state index contributed by atoms with van der Waals surface area (Å²) in [4.78, 5) is 17.0. The van der Waals surface area contributed by atoms with Crippen molar-refractivity contribution in [2.75, 3.05) is 51.2 Å². The van der Waals surface area contributed by atoms with Crippen LogP contribution in [0, 0.1) is 5.82 Å². The van der Waals surface area contributed by atoms with Crippen molar-refractivity contribution in [1.82, 2.24) is 9.80 Å². The summed E-state index contributed by atoms with van der Waals surface area (Å²) in [7, 11) is -1.49. The molecule has 8 nitrogen and oxygen atoms in total. The fraction of sp³-hybridized carbons (Fsp3) is 0.296. The molecule has 1 fully saturated rings. The molecule has 4 rings (SSSR count). The normalized spacial score (nSPS) is 14.3. The van der Waals surface area contributed by atoms with Gasteiger partial charge in [-0.3, -0.25) is 14.0 Å². The van der Waals surface area contributed by atoms with E-state index in [0.29, 0.717) is 31.9 Å². The first-order valence-corrected chi connectivity index (χ1v) is 13.3. The zero-order valence-corrected chi connectivity index (χ0v) is 21.7. The Morgan fingerprint density at radius 2 is 1.54 bits per heavy atom. The summed E-state index contributed by atoms with van der Waals surface area (Å²) in [6.45, 7) is 2.46. The average molecular weight is 528 g/mol. The van der Waals surface area contributed by atoms with Crippen LogP contribution in [0.3, 0.4) is 0 Å². The molecule has 3 aromatic rings. The highest BCUT2D eigenvalue weighted by Crippen LogP contribution is 2.33. The lowest BCUT2D eigenvalue weighted by atomic mass is 10.2. The number of sulfonamides is 1. The number of piperazine rings is 1. The Morgan fingerprint density at radius 1 is 0.892 bits per heavy atom. The van der Waals surface area contributed by atoms with Crippen molar-refractivity contribution in [3.05, 3.63) is 84.2 Å². The van der Waals surface area contributed by atoms with E-state index in [2.05, 4.69) is 17.0 Å². The number of rotatable bonds is 9. The number of anilines is 1. The highest BCUT2D eigenvalue weighted by molar-refractivity contribution is 7.92. The van der Waals surface area contributed by atoms with Crippen molar-refractivity contribution in [1.29, 1.82) is 0 Å². The minimum atomic E-state index is -4.32. The Hall–Kier alpha value is -3.63. The molecule has 37 heavy (non-hydrogen) atoms. The molecule has 0 radical (unpaired) electrons. The van der Waals surface area contributed by atoms with E-state index in [1.165, 1.54) is 62.2 Å². The van der Waals surface area contributed by atoms with Gasteiger partial charge in [-0.15, -0.1) is 0 Å². The summed E-state index contributed by atoms with van der Waals surface area (Å²) >= 11 is 0. The van der Waals surface area contributed by atoms with Crippen molar-refractivity contribution < 1.29 is 27.1 Å². The van der Waals surface area contributed by atoms with E-state index in [1.54, 1.807) is 4.90 Å². The molecule has 1 saturated heterocycles. The van der Waals surface area contributed by atoms with Crippen LogP contribution in [-0.4, -0.2) is 71.1 Å². The standard InChI is InChI=1S/C27H30FN3O5S/c1-35-25-13-12-22(18-26(25)36-2)37(33,34)31(24-11-7-6-10-23(24)28)20-27(32)30-16-14-29(15-17-30)19-21-8-4-3-5-9-21/h3-13,18H,14-17,19-20H2,1-2H3. The number of carbonyl (C=O) groups is 1. The molecule has 10 heteroatoms. The molecular formula is C27H30FN3O5S. The van der Waals surface area contributed by atoms with Crippen LogP contribution >= 0.6 is 0 Å². The van der Waals surface area contributed by atoms with Crippen LogP contribution < -0.4 is 13.8 Å². The largest absolute Gasteiger partial charge is 0.493 e. The number of hydrogen-bond acceptors (Lipinski definition) is 6. The van der Waals surface area contributed by atoms with E-state index >= 15 is 0 Å². The summed E-state index contributed by atoms with van der Waals surface area (Å²) in [6, 6.07) is 19.7. The van der Waals surface area contributed by atoms with Gasteiger partial charge in [0.15, 0.2) is 11.5 Å². The van der Waals surface area contributed by atoms with E-state index in [0.717, 1.165) is 10.8 Å². The third-order valence-corrected chi connectivity index (χ3v) is 8.07. The van der Waals surface area contributed by atoms with Gasteiger partial charge in [0.05, 0.1) is 24.8 Å². The van der Waals surface area contributed by atoms with Crippen molar-refractivity contribution in [2.24, 2.45) is 0 Å². The van der Waals surface area contributed by atoms with E-state index in [9.17, 15) is 17.6 Å². The van der Waals surface area contributed by atoms with Gasteiger partial charge in [0.1, 0.15) is 12.4 Å². The molecule has 0 N–H and O–H groups in total. The van der Waals surface area contributed by atoms with Gasteiger partial charge in [-0.2, -0.15) is 0 Å². The van der Waals surface area contributed by atoms with Crippen LogP contribution in [0.4, 0.5) is 10.1 Å². The number of nitrogens with zero attached hydrogens (tertiary/aromatic N) is 3. The lowest BCUT2D eigenvalue weighted by molar-refractivity contribution is -0.131. The van der Waals surface area contributed by atoms with Crippen LogP contribution in [0.25, 0.3) is 0 Å². The van der Waals surface area contributed by atoms with Gasteiger partial charge in [-0.05, 0) is 29.8 Å². The number of halogens is 1. The van der Waals surface area contributed by atoms with Crippen molar-refractivity contribution >= 4 is 21.6 Å². The lowest BCUT2D eigenvalue weighted by Crippen LogP contribution is -2.51. The monoisotopic (exact) mass is 527 g/mol. The van der Waals surface area contributed by atoms with E-state index < -0.39 is 28.3 Å². The summed E-state index contributed by atoms with van der Waals surface area (Å²) in [6.07, 6.45) is 0. The van der Waals surface area contributed by atoms with Gasteiger partial charge >= 0.3 is 0 Å². The molecule has 0 unspecified atom stereocenters. The van der Waals surface area contributed by atoms with Gasteiger partial charge in [0.25, 0.3) is 10.0 Å². The van der Waals surface area contributed by atoms with Gasteiger partial charge < -0.3 is 14.4 Å². The quantitative estimate of drug-likeness (QED) is 0.425. The topological polar surface area (TPSA) is 79.4 Å². The van der Waals surface area contributed by atoms with Crippen molar-refractivity contribution in [3.8, 4) is 11.5 Å². The first-order valence-electron chi connectivity index (χ1n) is 11.9. The van der Waals surface area contributed by atoms with E-state index in [1.807, 2.05) is 18.2 Å². The number of carbonyl (C=O) groups excluding carboxylic acids is 1. The summed E-state index contributed by atoms with van der Waals surface area (Å²) in [5.41, 5.74) is 0.988. The van der Waals surface area contributed by atoms with Crippen LogP contribution in [0.5, 0.6) is 11.5 Å². The summed E-state index contributed by atoms with van der Waals surface area (Å²) in [5, 5.41) is 0. The van der Waals surface area contributed by atoms with Crippen molar-refractivity contribution in [3.63, 3.8) is 0 Å². The van der Waals surface area contributed by atoms with Gasteiger partial charge in [-0.1, -0.05) is 42.5 Å². The zero-order chi connectivity index (χ0) is 26.4. The Balaban J connectivity index is 1.54. The molecule has 1 aliphatic rings. The molecule has 1 heterocycles. The van der Waals surface area contributed by atoms with Crippen LogP contribution in [0.15, 0.2) is 77.7 Å². The number of amides is 1. The predicted octanol–water partition coefficient (Wildman–Crippen LogP) is 3.38. The molecular weight excluding hydrogens is 497 g/mol. The number of hydrogen-bond donors (Lipinski definition) is 0. The summed E-state index contributed by atoms with van der Waals surface area (Å²) < 4.78 is 53.5. The molecule has 3 aromatic carbocycles. The number of methoxy groups -OCH3 is 2. The second kappa shape index (κ2) is 11.6. The molecule has 0 spiro atoms. The second-order valence-electron chi connectivity index (χ2n) is 8.62. The highest BCUT2D eigenvalue weighted by atomic mass is 32.2. The fourth-order valence-electron chi connectivity index (χ4n) is 4.28. The van der Waals surface area contributed by atoms with Crippen molar-refractivity contribution in [2.45, 2.75) is 11.4 Å². The summed E-state index contributed by atoms with van der Waals surface area (Å²) in [5.74, 6) is -0.583. The minimum Gasteiger partial charge on any atom is -0.493 e. The smallest absolute Gasteiger partial charge is 0.265 e. The molecule has 0 aliphatic carbocycles. The number of para-hydroxylation sites is 1. The molecule has 0 atom stereocenters. The average Bonchev–Trinajstić information content (AvgIpc) is 2.92. The Morgan fingerprint density at radius 3 is 2.19 bits per heavy atom. The van der Waals surface area contributed by atoms with Crippen LogP contribution in [0.1, 0.15) is 5.56 Å². The number of benzene rings is 3. The Labute approximate surface area is 216 Å².